The Kier molecular flexibility index (Phi) is 5.24. The number of hydrogen-bond donors (Lipinski definition) is 1. The molecule has 1 saturated carbocycles. The average Bonchev–Trinajstić information content (AvgIpc) is 3.47. The van der Waals surface area contributed by atoms with Crippen LogP contribution in [0.5, 0.6) is 11.5 Å². The van der Waals surface area contributed by atoms with Crippen molar-refractivity contribution in [1.82, 2.24) is 9.97 Å². The summed E-state index contributed by atoms with van der Waals surface area (Å²) in [6.07, 6.45) is 4.01. The highest BCUT2D eigenvalue weighted by atomic mass is 16.5. The maximum atomic E-state index is 12.4. The normalized spacial score (nSPS) is 14.4. The third kappa shape index (κ3) is 3.70. The number of benzene rings is 1. The van der Waals surface area contributed by atoms with Crippen LogP contribution in [0.1, 0.15) is 41.4 Å². The lowest BCUT2D eigenvalue weighted by Crippen LogP contribution is -2.21. The van der Waals surface area contributed by atoms with Gasteiger partial charge in [-0.15, -0.1) is 0 Å². The van der Waals surface area contributed by atoms with Crippen LogP contribution < -0.4 is 15.0 Å². The average molecular weight is 354 g/mol. The third-order valence-electron chi connectivity index (χ3n) is 4.84. The number of nitrogens with one attached hydrogen (secondary N) is 1. The van der Waals surface area contributed by atoms with Crippen molar-refractivity contribution in [2.45, 2.75) is 32.1 Å². The van der Waals surface area contributed by atoms with E-state index >= 15 is 0 Å². The summed E-state index contributed by atoms with van der Waals surface area (Å²) in [7, 11) is 3.21. The van der Waals surface area contributed by atoms with Crippen molar-refractivity contribution in [1.29, 1.82) is 0 Å². The SMILES string of the molecule is COc1ccc(C(Cc2nc(C=C=O)c(C)[nH]c2=O)C2CC2)cc1OC. The van der Waals surface area contributed by atoms with Crippen LogP contribution in [0.25, 0.3) is 6.08 Å². The van der Waals surface area contributed by atoms with Gasteiger partial charge in [0.1, 0.15) is 11.6 Å². The molecule has 1 aromatic carbocycles. The van der Waals surface area contributed by atoms with E-state index in [9.17, 15) is 9.59 Å². The lowest BCUT2D eigenvalue weighted by atomic mass is 9.89. The molecule has 0 aliphatic heterocycles. The Morgan fingerprint density at radius 2 is 2.04 bits per heavy atom. The summed E-state index contributed by atoms with van der Waals surface area (Å²) >= 11 is 0. The maximum Gasteiger partial charge on any atom is 0.269 e. The van der Waals surface area contributed by atoms with E-state index in [0.29, 0.717) is 40.9 Å². The summed E-state index contributed by atoms with van der Waals surface area (Å²) in [5.74, 6) is 3.76. The molecule has 1 aromatic heterocycles. The van der Waals surface area contributed by atoms with Gasteiger partial charge in [0, 0.05) is 18.2 Å². The van der Waals surface area contributed by atoms with Crippen molar-refractivity contribution in [3.8, 4) is 11.5 Å². The third-order valence-corrected chi connectivity index (χ3v) is 4.84. The van der Waals surface area contributed by atoms with Crippen LogP contribution in [-0.4, -0.2) is 30.1 Å². The zero-order valence-corrected chi connectivity index (χ0v) is 15.2. The second kappa shape index (κ2) is 7.58. The van der Waals surface area contributed by atoms with Crippen LogP contribution >= 0.6 is 0 Å². The molecule has 0 bridgehead atoms. The molecule has 1 fully saturated rings. The summed E-state index contributed by atoms with van der Waals surface area (Å²) in [6.45, 7) is 1.72. The predicted molar refractivity (Wildman–Crippen MR) is 98.5 cm³/mol. The Labute approximate surface area is 151 Å². The molecule has 136 valence electrons. The quantitative estimate of drug-likeness (QED) is 0.773. The molecule has 1 aliphatic carbocycles. The van der Waals surface area contributed by atoms with E-state index in [1.807, 2.05) is 18.2 Å². The van der Waals surface area contributed by atoms with Crippen LogP contribution in [0.3, 0.4) is 0 Å². The number of carbonyl (C=O) groups excluding carboxylic acids is 1. The molecule has 1 unspecified atom stereocenters. The zero-order valence-electron chi connectivity index (χ0n) is 15.2. The Morgan fingerprint density at radius 1 is 1.31 bits per heavy atom. The van der Waals surface area contributed by atoms with Gasteiger partial charge in [0.15, 0.2) is 11.5 Å². The van der Waals surface area contributed by atoms with E-state index in [0.717, 1.165) is 18.4 Å². The van der Waals surface area contributed by atoms with Gasteiger partial charge >= 0.3 is 0 Å². The largest absolute Gasteiger partial charge is 0.493 e. The molecule has 3 rings (SSSR count). The second-order valence-electron chi connectivity index (χ2n) is 6.55. The molecule has 1 aliphatic rings. The van der Waals surface area contributed by atoms with Gasteiger partial charge < -0.3 is 14.5 Å². The minimum atomic E-state index is -0.211. The first kappa shape index (κ1) is 18.0. The van der Waals surface area contributed by atoms with Crippen LogP contribution in [0.4, 0.5) is 0 Å². The summed E-state index contributed by atoms with van der Waals surface area (Å²) in [5.41, 5.74) is 2.34. The van der Waals surface area contributed by atoms with Crippen LogP contribution in [0, 0.1) is 12.8 Å². The minimum Gasteiger partial charge on any atom is -0.493 e. The van der Waals surface area contributed by atoms with Gasteiger partial charge in [0.2, 0.25) is 0 Å². The first-order valence-corrected chi connectivity index (χ1v) is 8.60. The number of hydrogen-bond acceptors (Lipinski definition) is 5. The van der Waals surface area contributed by atoms with Gasteiger partial charge in [-0.1, -0.05) is 6.07 Å². The maximum absolute atomic E-state index is 12.4. The number of ether oxygens (including phenoxy) is 2. The Bertz CT molecular complexity index is 909. The topological polar surface area (TPSA) is 81.3 Å². The molecule has 0 amide bonds. The molecule has 2 aromatic rings. The van der Waals surface area contributed by atoms with Gasteiger partial charge in [-0.2, -0.15) is 0 Å². The van der Waals surface area contributed by atoms with Crippen molar-refractivity contribution >= 4 is 12.0 Å². The molecular weight excluding hydrogens is 332 g/mol. The highest BCUT2D eigenvalue weighted by Gasteiger charge is 2.33. The fourth-order valence-electron chi connectivity index (χ4n) is 3.27. The van der Waals surface area contributed by atoms with Gasteiger partial charge in [0.05, 0.1) is 19.9 Å². The molecule has 0 saturated heterocycles. The van der Waals surface area contributed by atoms with E-state index in [-0.39, 0.29) is 11.5 Å². The van der Waals surface area contributed by atoms with Crippen molar-refractivity contribution in [2.24, 2.45) is 5.92 Å². The van der Waals surface area contributed by atoms with Crippen molar-refractivity contribution in [2.75, 3.05) is 14.2 Å². The number of aromatic amines is 1. The van der Waals surface area contributed by atoms with Crippen LogP contribution in [-0.2, 0) is 11.2 Å². The van der Waals surface area contributed by atoms with E-state index in [4.69, 9.17) is 9.47 Å². The van der Waals surface area contributed by atoms with Gasteiger partial charge in [-0.05, 0) is 49.3 Å². The van der Waals surface area contributed by atoms with E-state index < -0.39 is 0 Å². The number of methoxy groups -OCH3 is 2. The molecule has 0 spiro atoms. The predicted octanol–water partition coefficient (Wildman–Crippen LogP) is 2.68. The molecule has 1 heterocycles. The Balaban J connectivity index is 1.97. The number of rotatable bonds is 7. The van der Waals surface area contributed by atoms with Crippen LogP contribution in [0.2, 0.25) is 0 Å². The Hall–Kier alpha value is -2.85. The summed E-state index contributed by atoms with van der Waals surface area (Å²) in [4.78, 5) is 30.2. The van der Waals surface area contributed by atoms with Crippen molar-refractivity contribution in [3.63, 3.8) is 0 Å². The van der Waals surface area contributed by atoms with Gasteiger partial charge in [-0.3, -0.25) is 4.79 Å². The minimum absolute atomic E-state index is 0.166. The Morgan fingerprint density at radius 3 is 2.65 bits per heavy atom. The van der Waals surface area contributed by atoms with Crippen molar-refractivity contribution < 1.29 is 14.3 Å². The first-order valence-electron chi connectivity index (χ1n) is 8.60. The van der Waals surface area contributed by atoms with E-state index in [1.165, 1.54) is 6.08 Å². The molecule has 6 nitrogen and oxygen atoms in total. The summed E-state index contributed by atoms with van der Waals surface area (Å²) in [5, 5.41) is 0. The lowest BCUT2D eigenvalue weighted by molar-refractivity contribution is 0.354. The number of H-pyrrole nitrogens is 1. The second-order valence-corrected chi connectivity index (χ2v) is 6.55. The van der Waals surface area contributed by atoms with E-state index in [2.05, 4.69) is 9.97 Å². The first-order chi connectivity index (χ1) is 12.6. The number of nitrogens with zero attached hydrogens (tertiary/aromatic N) is 1. The van der Waals surface area contributed by atoms with E-state index in [1.54, 1.807) is 27.1 Å². The zero-order chi connectivity index (χ0) is 18.7. The summed E-state index contributed by atoms with van der Waals surface area (Å²) in [6, 6.07) is 5.87. The molecule has 0 radical (unpaired) electrons. The summed E-state index contributed by atoms with van der Waals surface area (Å²) < 4.78 is 10.7. The van der Waals surface area contributed by atoms with Gasteiger partial charge in [-0.25, -0.2) is 9.78 Å². The van der Waals surface area contributed by atoms with Crippen LogP contribution in [0.15, 0.2) is 23.0 Å². The number of aromatic nitrogens is 2. The molecule has 1 atom stereocenters. The molecule has 1 N–H and O–H groups in total. The molecule has 6 heteroatoms. The van der Waals surface area contributed by atoms with Gasteiger partial charge in [0.25, 0.3) is 5.56 Å². The highest BCUT2D eigenvalue weighted by Crippen LogP contribution is 2.45. The highest BCUT2D eigenvalue weighted by molar-refractivity contribution is 5.73. The lowest BCUT2D eigenvalue weighted by Gasteiger charge is -2.18. The smallest absolute Gasteiger partial charge is 0.269 e. The van der Waals surface area contributed by atoms with Crippen molar-refractivity contribution in [3.05, 3.63) is 51.2 Å². The monoisotopic (exact) mass is 354 g/mol. The molecule has 26 heavy (non-hydrogen) atoms. The standard InChI is InChI=1S/C20H22N2O4/c1-12-16(8-9-23)22-17(20(24)21-12)11-15(13-4-5-13)14-6-7-18(25-2)19(10-14)26-3/h6-8,10,13,15H,4-5,11H2,1-3H3,(H,21,24). The molecular formula is C20H22N2O4. The fourth-order valence-corrected chi connectivity index (χ4v) is 3.27. The number of aryl methyl sites for hydroxylation is 1. The fraction of sp³-hybridized carbons (Fsp3) is 0.400.